The molecule has 0 radical (unpaired) electrons. The minimum Gasteiger partial charge on any atom is -0.477 e. The molecule has 0 unspecified atom stereocenters. The molecule has 10 heteroatoms. The molecule has 4 rings (SSSR count). The number of aromatic carboxylic acids is 1. The molecule has 1 aromatic heterocycles. The SMILES string of the molecule is Cc1cc(NS(=O)(=O)c2cc3c(cc2F)NC(=O)CC3)ccc1-n1cccc1C(=O)O. The maximum absolute atomic E-state index is 14.5. The molecule has 160 valence electrons. The number of fused-ring (bicyclic) bond motifs is 1. The number of carbonyl (C=O) groups is 2. The van der Waals surface area contributed by atoms with Crippen molar-refractivity contribution in [1.82, 2.24) is 4.57 Å². The maximum Gasteiger partial charge on any atom is 0.352 e. The topological polar surface area (TPSA) is 118 Å². The van der Waals surface area contributed by atoms with Crippen LogP contribution in [-0.4, -0.2) is 30.0 Å². The van der Waals surface area contributed by atoms with E-state index in [4.69, 9.17) is 0 Å². The van der Waals surface area contributed by atoms with Gasteiger partial charge in [-0.05, 0) is 66.9 Å². The Bertz CT molecular complexity index is 1330. The first-order chi connectivity index (χ1) is 14.7. The first-order valence-corrected chi connectivity index (χ1v) is 10.8. The zero-order valence-corrected chi connectivity index (χ0v) is 17.2. The largest absolute Gasteiger partial charge is 0.477 e. The van der Waals surface area contributed by atoms with Gasteiger partial charge in [0.2, 0.25) is 5.91 Å². The third-order valence-corrected chi connectivity index (χ3v) is 6.42. The number of anilines is 2. The van der Waals surface area contributed by atoms with E-state index in [2.05, 4.69) is 10.0 Å². The van der Waals surface area contributed by atoms with Gasteiger partial charge in [0.25, 0.3) is 10.0 Å². The van der Waals surface area contributed by atoms with E-state index in [1.54, 1.807) is 25.3 Å². The number of benzene rings is 2. The number of aromatic nitrogens is 1. The summed E-state index contributed by atoms with van der Waals surface area (Å²) in [5, 5.41) is 11.8. The molecule has 3 N–H and O–H groups in total. The predicted molar refractivity (Wildman–Crippen MR) is 112 cm³/mol. The Morgan fingerprint density at radius 2 is 1.97 bits per heavy atom. The molecule has 0 bridgehead atoms. The lowest BCUT2D eigenvalue weighted by Crippen LogP contribution is -2.21. The van der Waals surface area contributed by atoms with Crippen LogP contribution in [0.5, 0.6) is 0 Å². The van der Waals surface area contributed by atoms with E-state index in [9.17, 15) is 27.5 Å². The molecular weight excluding hydrogens is 425 g/mol. The van der Waals surface area contributed by atoms with E-state index in [0.29, 0.717) is 23.2 Å². The molecule has 0 saturated carbocycles. The number of aryl methyl sites for hydroxylation is 2. The molecular formula is C21H18FN3O5S. The highest BCUT2D eigenvalue weighted by molar-refractivity contribution is 7.92. The number of carboxylic acid groups (broad SMARTS) is 1. The first-order valence-electron chi connectivity index (χ1n) is 9.32. The highest BCUT2D eigenvalue weighted by atomic mass is 32.2. The quantitative estimate of drug-likeness (QED) is 0.559. The molecule has 0 aliphatic carbocycles. The molecule has 3 aromatic rings. The standard InChI is InChI=1S/C21H18FN3O5S/c1-12-9-14(5-6-17(12)25-8-2-3-18(25)21(27)28)24-31(29,30)19-10-13-4-7-20(26)23-16(13)11-15(19)22/h2-3,5-6,8-11,24H,4,7H2,1H3,(H,23,26)(H,27,28). The van der Waals surface area contributed by atoms with Crippen LogP contribution in [0.4, 0.5) is 15.8 Å². The second kappa shape index (κ2) is 7.55. The first kappa shape index (κ1) is 20.6. The van der Waals surface area contributed by atoms with E-state index in [1.165, 1.54) is 28.8 Å². The number of nitrogens with one attached hydrogen (secondary N) is 2. The fraction of sp³-hybridized carbons (Fsp3) is 0.143. The Morgan fingerprint density at radius 1 is 1.19 bits per heavy atom. The lowest BCUT2D eigenvalue weighted by molar-refractivity contribution is -0.116. The fourth-order valence-electron chi connectivity index (χ4n) is 3.55. The van der Waals surface area contributed by atoms with Crippen LogP contribution in [0.15, 0.2) is 53.6 Å². The van der Waals surface area contributed by atoms with Gasteiger partial charge in [0.1, 0.15) is 16.4 Å². The van der Waals surface area contributed by atoms with E-state index in [-0.39, 0.29) is 29.4 Å². The number of nitrogens with zero attached hydrogens (tertiary/aromatic N) is 1. The van der Waals surface area contributed by atoms with E-state index >= 15 is 0 Å². The number of hydrogen-bond donors (Lipinski definition) is 3. The number of amides is 1. The van der Waals surface area contributed by atoms with Crippen molar-refractivity contribution in [2.45, 2.75) is 24.7 Å². The van der Waals surface area contributed by atoms with Gasteiger partial charge in [-0.15, -0.1) is 0 Å². The van der Waals surface area contributed by atoms with E-state index in [1.807, 2.05) is 0 Å². The van der Waals surface area contributed by atoms with Crippen molar-refractivity contribution < 1.29 is 27.5 Å². The van der Waals surface area contributed by atoms with Crippen LogP contribution >= 0.6 is 0 Å². The smallest absolute Gasteiger partial charge is 0.352 e. The molecule has 1 amide bonds. The lowest BCUT2D eigenvalue weighted by atomic mass is 10.0. The summed E-state index contributed by atoms with van der Waals surface area (Å²) >= 11 is 0. The minimum absolute atomic E-state index is 0.0691. The molecule has 31 heavy (non-hydrogen) atoms. The highest BCUT2D eigenvalue weighted by Crippen LogP contribution is 2.30. The van der Waals surface area contributed by atoms with Gasteiger partial charge in [0.05, 0.1) is 0 Å². The Morgan fingerprint density at radius 3 is 2.68 bits per heavy atom. The normalized spacial score (nSPS) is 13.4. The number of sulfonamides is 1. The third-order valence-electron chi connectivity index (χ3n) is 5.02. The highest BCUT2D eigenvalue weighted by Gasteiger charge is 2.25. The van der Waals surface area contributed by atoms with Crippen molar-refractivity contribution in [2.24, 2.45) is 0 Å². The van der Waals surface area contributed by atoms with Gasteiger partial charge in [-0.25, -0.2) is 17.6 Å². The van der Waals surface area contributed by atoms with Gasteiger partial charge in [-0.3, -0.25) is 9.52 Å². The van der Waals surface area contributed by atoms with Crippen molar-refractivity contribution in [3.8, 4) is 5.69 Å². The minimum atomic E-state index is -4.23. The maximum atomic E-state index is 14.5. The van der Waals surface area contributed by atoms with Crippen LogP contribution in [0.2, 0.25) is 0 Å². The van der Waals surface area contributed by atoms with Crippen LogP contribution in [0, 0.1) is 12.7 Å². The summed E-state index contributed by atoms with van der Waals surface area (Å²) < 4.78 is 44.0. The third kappa shape index (κ3) is 3.89. The number of carboxylic acids is 1. The van der Waals surface area contributed by atoms with Crippen molar-refractivity contribution in [3.05, 3.63) is 71.3 Å². The van der Waals surface area contributed by atoms with Crippen LogP contribution in [0.25, 0.3) is 5.69 Å². The molecule has 0 fully saturated rings. The second-order valence-corrected chi connectivity index (χ2v) is 8.81. The summed E-state index contributed by atoms with van der Waals surface area (Å²) in [6.45, 7) is 1.71. The van der Waals surface area contributed by atoms with Crippen LogP contribution in [0.3, 0.4) is 0 Å². The summed E-state index contributed by atoms with van der Waals surface area (Å²) in [5.74, 6) is -2.31. The van der Waals surface area contributed by atoms with Gasteiger partial charge in [-0.1, -0.05) is 0 Å². The van der Waals surface area contributed by atoms with Crippen molar-refractivity contribution >= 4 is 33.3 Å². The van der Waals surface area contributed by atoms with Gasteiger partial charge in [0.15, 0.2) is 0 Å². The van der Waals surface area contributed by atoms with Crippen molar-refractivity contribution in [2.75, 3.05) is 10.0 Å². The van der Waals surface area contributed by atoms with Crippen molar-refractivity contribution in [1.29, 1.82) is 0 Å². The summed E-state index contributed by atoms with van der Waals surface area (Å²) in [5.41, 5.74) is 2.28. The number of hydrogen-bond acceptors (Lipinski definition) is 4. The number of rotatable bonds is 5. The number of halogens is 1. The van der Waals surface area contributed by atoms with Crippen LogP contribution < -0.4 is 10.0 Å². The Balaban J connectivity index is 1.65. The lowest BCUT2D eigenvalue weighted by Gasteiger charge is -2.19. The Labute approximate surface area is 177 Å². The summed E-state index contributed by atoms with van der Waals surface area (Å²) in [4.78, 5) is 22.3. The Kier molecular flexibility index (Phi) is 5.02. The molecule has 1 aliphatic rings. The van der Waals surface area contributed by atoms with Gasteiger partial charge in [0, 0.05) is 29.7 Å². The van der Waals surface area contributed by atoms with E-state index in [0.717, 1.165) is 6.07 Å². The van der Waals surface area contributed by atoms with Gasteiger partial charge in [-0.2, -0.15) is 0 Å². The van der Waals surface area contributed by atoms with Crippen LogP contribution in [0.1, 0.15) is 28.0 Å². The molecule has 2 aromatic carbocycles. The fourth-order valence-corrected chi connectivity index (χ4v) is 4.71. The molecule has 8 nitrogen and oxygen atoms in total. The van der Waals surface area contributed by atoms with Gasteiger partial charge < -0.3 is 15.0 Å². The predicted octanol–water partition coefficient (Wildman–Crippen LogP) is 3.31. The zero-order valence-electron chi connectivity index (χ0n) is 16.3. The molecule has 0 spiro atoms. The summed E-state index contributed by atoms with van der Waals surface area (Å²) in [6.07, 6.45) is 2.11. The Hall–Kier alpha value is -3.66. The molecule has 0 saturated heterocycles. The average molecular weight is 443 g/mol. The average Bonchev–Trinajstić information content (AvgIpc) is 3.17. The summed E-state index contributed by atoms with van der Waals surface area (Å²) in [7, 11) is -4.23. The molecule has 2 heterocycles. The monoisotopic (exact) mass is 443 g/mol. The van der Waals surface area contributed by atoms with Crippen LogP contribution in [-0.2, 0) is 21.2 Å². The summed E-state index contributed by atoms with van der Waals surface area (Å²) in [6, 6.07) is 9.89. The number of carbonyl (C=O) groups excluding carboxylic acids is 1. The van der Waals surface area contributed by atoms with Gasteiger partial charge >= 0.3 is 5.97 Å². The molecule has 0 atom stereocenters. The zero-order chi connectivity index (χ0) is 22.3. The molecule has 1 aliphatic heterocycles. The second-order valence-electron chi connectivity index (χ2n) is 7.16. The van der Waals surface area contributed by atoms with E-state index < -0.39 is 26.7 Å². The van der Waals surface area contributed by atoms with Crippen molar-refractivity contribution in [3.63, 3.8) is 0 Å².